The normalized spacial score (nSPS) is 10.8. The maximum absolute atomic E-state index is 13.9. The number of methoxy groups -OCH3 is 1. The molecule has 30 heavy (non-hydrogen) atoms. The number of nitrogens with one attached hydrogen (secondary N) is 1. The number of nitrogens with zero attached hydrogens (tertiary/aromatic N) is 2. The van der Waals surface area contributed by atoms with Gasteiger partial charge in [-0.05, 0) is 62.7 Å². The van der Waals surface area contributed by atoms with Crippen LogP contribution in [-0.4, -0.2) is 55.4 Å². The third kappa shape index (κ3) is 6.29. The van der Waals surface area contributed by atoms with Gasteiger partial charge in [0, 0.05) is 18.8 Å². The quantitative estimate of drug-likeness (QED) is 0.682. The second-order valence-electron chi connectivity index (χ2n) is 7.34. The number of hydrogen-bond donors (Lipinski definition) is 1. The van der Waals surface area contributed by atoms with Gasteiger partial charge in [-0.1, -0.05) is 18.2 Å². The van der Waals surface area contributed by atoms with Gasteiger partial charge < -0.3 is 15.0 Å². The van der Waals surface area contributed by atoms with Gasteiger partial charge in [0.05, 0.1) is 20.2 Å². The Kier molecular flexibility index (Phi) is 8.35. The summed E-state index contributed by atoms with van der Waals surface area (Å²) in [4.78, 5) is 28.3. The molecule has 6 nitrogen and oxygen atoms in total. The van der Waals surface area contributed by atoms with Crippen molar-refractivity contribution in [2.75, 3.05) is 39.1 Å². The molecule has 0 spiro atoms. The van der Waals surface area contributed by atoms with Crippen molar-refractivity contribution in [1.29, 1.82) is 0 Å². The lowest BCUT2D eigenvalue weighted by Gasteiger charge is -2.24. The molecular formula is C23H30FN3O3. The van der Waals surface area contributed by atoms with Crippen molar-refractivity contribution >= 4 is 17.5 Å². The third-order valence-corrected chi connectivity index (χ3v) is 5.02. The summed E-state index contributed by atoms with van der Waals surface area (Å²) >= 11 is 0. The summed E-state index contributed by atoms with van der Waals surface area (Å²) in [5, 5.41) is 2.90. The number of aryl methyl sites for hydroxylation is 1. The standard InChI is InChI=1S/C23H30FN3O3/c1-6-27(13-18-10-11-21(30-5)19(24)12-18)23(29)15-26(4)14-22(28)25-20-9-7-8-16(2)17(20)3/h7-12H,6,13-15H2,1-5H3,(H,25,28). The van der Waals surface area contributed by atoms with Gasteiger partial charge in [0.25, 0.3) is 0 Å². The molecule has 2 rings (SSSR count). The van der Waals surface area contributed by atoms with Crippen LogP contribution in [0.2, 0.25) is 0 Å². The maximum atomic E-state index is 13.9. The minimum Gasteiger partial charge on any atom is -0.494 e. The molecule has 0 saturated carbocycles. The van der Waals surface area contributed by atoms with Crippen molar-refractivity contribution in [3.63, 3.8) is 0 Å². The van der Waals surface area contributed by atoms with E-state index in [1.54, 1.807) is 29.0 Å². The van der Waals surface area contributed by atoms with E-state index in [1.165, 1.54) is 13.2 Å². The highest BCUT2D eigenvalue weighted by atomic mass is 19.1. The topological polar surface area (TPSA) is 61.9 Å². The van der Waals surface area contributed by atoms with E-state index in [2.05, 4.69) is 5.32 Å². The van der Waals surface area contributed by atoms with Crippen LogP contribution in [-0.2, 0) is 16.1 Å². The minimum absolute atomic E-state index is 0.0900. The molecule has 0 bridgehead atoms. The molecule has 2 amide bonds. The first-order valence-corrected chi connectivity index (χ1v) is 9.90. The lowest BCUT2D eigenvalue weighted by Crippen LogP contribution is -2.41. The van der Waals surface area contributed by atoms with Crippen molar-refractivity contribution in [2.24, 2.45) is 0 Å². The maximum Gasteiger partial charge on any atom is 0.238 e. The number of benzene rings is 2. The molecule has 0 aliphatic heterocycles. The zero-order valence-electron chi connectivity index (χ0n) is 18.3. The largest absolute Gasteiger partial charge is 0.494 e. The monoisotopic (exact) mass is 415 g/mol. The molecule has 0 heterocycles. The fourth-order valence-corrected chi connectivity index (χ4v) is 3.11. The molecular weight excluding hydrogens is 385 g/mol. The molecule has 162 valence electrons. The van der Waals surface area contributed by atoms with Gasteiger partial charge in [-0.25, -0.2) is 4.39 Å². The molecule has 2 aromatic carbocycles. The number of rotatable bonds is 9. The van der Waals surface area contributed by atoms with Crippen molar-refractivity contribution in [3.8, 4) is 5.75 Å². The Hall–Kier alpha value is -2.93. The van der Waals surface area contributed by atoms with E-state index >= 15 is 0 Å². The van der Waals surface area contributed by atoms with Gasteiger partial charge in [0.15, 0.2) is 11.6 Å². The Labute approximate surface area is 177 Å². The number of carbonyl (C=O) groups is 2. The molecule has 0 saturated heterocycles. The third-order valence-electron chi connectivity index (χ3n) is 5.02. The fraction of sp³-hybridized carbons (Fsp3) is 0.391. The second-order valence-corrected chi connectivity index (χ2v) is 7.34. The predicted octanol–water partition coefficient (Wildman–Crippen LogP) is 3.37. The Morgan fingerprint density at radius 1 is 1.13 bits per heavy atom. The zero-order valence-corrected chi connectivity index (χ0v) is 18.3. The van der Waals surface area contributed by atoms with Crippen LogP contribution in [0.15, 0.2) is 36.4 Å². The van der Waals surface area contributed by atoms with Crippen LogP contribution in [0.25, 0.3) is 0 Å². The van der Waals surface area contributed by atoms with E-state index in [0.29, 0.717) is 18.7 Å². The minimum atomic E-state index is -0.460. The molecule has 0 fully saturated rings. The summed E-state index contributed by atoms with van der Waals surface area (Å²) < 4.78 is 18.8. The molecule has 0 aliphatic rings. The van der Waals surface area contributed by atoms with Crippen LogP contribution in [0.3, 0.4) is 0 Å². The zero-order chi connectivity index (χ0) is 22.3. The smallest absolute Gasteiger partial charge is 0.238 e. The van der Waals surface area contributed by atoms with E-state index < -0.39 is 5.82 Å². The van der Waals surface area contributed by atoms with Crippen molar-refractivity contribution in [3.05, 3.63) is 58.9 Å². The van der Waals surface area contributed by atoms with Crippen molar-refractivity contribution in [1.82, 2.24) is 9.80 Å². The Bertz CT molecular complexity index is 901. The van der Waals surface area contributed by atoms with Gasteiger partial charge in [0.1, 0.15) is 0 Å². The highest BCUT2D eigenvalue weighted by Gasteiger charge is 2.17. The molecule has 0 atom stereocenters. The van der Waals surface area contributed by atoms with Gasteiger partial charge >= 0.3 is 0 Å². The number of amides is 2. The number of likely N-dealkylation sites (N-methyl/N-ethyl adjacent to an activating group) is 2. The summed E-state index contributed by atoms with van der Waals surface area (Å²) in [6.45, 7) is 6.77. The Morgan fingerprint density at radius 3 is 2.50 bits per heavy atom. The summed E-state index contributed by atoms with van der Waals surface area (Å²) in [6.07, 6.45) is 0. The summed E-state index contributed by atoms with van der Waals surface area (Å²) in [5.74, 6) is -0.600. The Morgan fingerprint density at radius 2 is 1.87 bits per heavy atom. The van der Waals surface area contributed by atoms with Crippen LogP contribution in [0.4, 0.5) is 10.1 Å². The van der Waals surface area contributed by atoms with E-state index in [0.717, 1.165) is 16.8 Å². The molecule has 2 aromatic rings. The molecule has 1 N–H and O–H groups in total. The SMILES string of the molecule is CCN(Cc1ccc(OC)c(F)c1)C(=O)CN(C)CC(=O)Nc1cccc(C)c1C. The first-order chi connectivity index (χ1) is 14.2. The average Bonchev–Trinajstić information content (AvgIpc) is 2.69. The van der Waals surface area contributed by atoms with E-state index in [1.807, 2.05) is 39.0 Å². The van der Waals surface area contributed by atoms with Crippen LogP contribution >= 0.6 is 0 Å². The van der Waals surface area contributed by atoms with Gasteiger partial charge in [-0.2, -0.15) is 0 Å². The number of ether oxygens (including phenoxy) is 1. The molecule has 0 aliphatic carbocycles. The number of hydrogen-bond acceptors (Lipinski definition) is 4. The van der Waals surface area contributed by atoms with Crippen molar-refractivity contribution in [2.45, 2.75) is 27.3 Å². The summed E-state index contributed by atoms with van der Waals surface area (Å²) in [5.41, 5.74) is 3.58. The van der Waals surface area contributed by atoms with Gasteiger partial charge in [0.2, 0.25) is 11.8 Å². The van der Waals surface area contributed by atoms with Crippen LogP contribution < -0.4 is 10.1 Å². The number of carbonyl (C=O) groups excluding carboxylic acids is 2. The molecule has 0 unspecified atom stereocenters. The first kappa shape index (κ1) is 23.3. The number of anilines is 1. The summed E-state index contributed by atoms with van der Waals surface area (Å²) in [7, 11) is 3.13. The van der Waals surface area contributed by atoms with Crippen LogP contribution in [0, 0.1) is 19.7 Å². The number of halogens is 1. The molecule has 7 heteroatoms. The van der Waals surface area contributed by atoms with Gasteiger partial charge in [-0.15, -0.1) is 0 Å². The second kappa shape index (κ2) is 10.7. The highest BCUT2D eigenvalue weighted by molar-refractivity contribution is 5.93. The lowest BCUT2D eigenvalue weighted by molar-refractivity contribution is -0.132. The highest BCUT2D eigenvalue weighted by Crippen LogP contribution is 2.19. The Balaban J connectivity index is 1.91. The first-order valence-electron chi connectivity index (χ1n) is 9.90. The van der Waals surface area contributed by atoms with Crippen LogP contribution in [0.1, 0.15) is 23.6 Å². The summed E-state index contributed by atoms with van der Waals surface area (Å²) in [6, 6.07) is 10.4. The fourth-order valence-electron chi connectivity index (χ4n) is 3.11. The average molecular weight is 416 g/mol. The van der Waals surface area contributed by atoms with E-state index in [-0.39, 0.29) is 30.7 Å². The van der Waals surface area contributed by atoms with E-state index in [4.69, 9.17) is 4.74 Å². The van der Waals surface area contributed by atoms with Crippen LogP contribution in [0.5, 0.6) is 5.75 Å². The molecule has 0 radical (unpaired) electrons. The van der Waals surface area contributed by atoms with Gasteiger partial charge in [-0.3, -0.25) is 14.5 Å². The lowest BCUT2D eigenvalue weighted by atomic mass is 10.1. The van der Waals surface area contributed by atoms with E-state index in [9.17, 15) is 14.0 Å². The molecule has 0 aromatic heterocycles. The predicted molar refractivity (Wildman–Crippen MR) is 116 cm³/mol. The van der Waals surface area contributed by atoms with Crippen molar-refractivity contribution < 1.29 is 18.7 Å².